The summed E-state index contributed by atoms with van der Waals surface area (Å²) in [4.78, 5) is 0. The van der Waals surface area contributed by atoms with Crippen LogP contribution in [0.5, 0.6) is 0 Å². The van der Waals surface area contributed by atoms with E-state index in [1.165, 1.54) is 32.1 Å². The lowest BCUT2D eigenvalue weighted by atomic mass is 9.54. The van der Waals surface area contributed by atoms with Gasteiger partial charge in [-0.1, -0.05) is 27.2 Å². The van der Waals surface area contributed by atoms with E-state index in [4.69, 9.17) is 5.73 Å². The van der Waals surface area contributed by atoms with E-state index in [1.54, 1.807) is 44.9 Å². The highest BCUT2D eigenvalue weighted by Crippen LogP contribution is 2.54. The van der Waals surface area contributed by atoms with E-state index in [0.717, 1.165) is 41.4 Å². The van der Waals surface area contributed by atoms with Crippen molar-refractivity contribution in [3.8, 4) is 0 Å². The van der Waals surface area contributed by atoms with Crippen LogP contribution in [0.1, 0.15) is 97.8 Å². The van der Waals surface area contributed by atoms with Crippen LogP contribution in [0.3, 0.4) is 0 Å². The molecule has 1 nitrogen and oxygen atoms in total. The molecule has 4 aliphatic carbocycles. The molecule has 0 spiro atoms. The molecule has 0 aliphatic heterocycles. The zero-order valence-corrected chi connectivity index (χ0v) is 16.7. The Morgan fingerprint density at radius 2 is 1.04 bits per heavy atom. The van der Waals surface area contributed by atoms with E-state index in [-0.39, 0.29) is 0 Å². The van der Waals surface area contributed by atoms with Gasteiger partial charge < -0.3 is 5.73 Å². The van der Waals surface area contributed by atoms with Gasteiger partial charge in [-0.3, -0.25) is 0 Å². The third-order valence-electron chi connectivity index (χ3n) is 8.33. The monoisotopic (exact) mass is 333 g/mol. The van der Waals surface area contributed by atoms with Gasteiger partial charge in [0, 0.05) is 6.04 Å². The van der Waals surface area contributed by atoms with Gasteiger partial charge in [-0.15, -0.1) is 0 Å². The molecule has 4 saturated carbocycles. The first-order valence-electron chi connectivity index (χ1n) is 11.5. The standard InChI is InChI=1S/C21H37N.C2H6/c1-14-2-10-20-17(12-14)3-4-18-13-16(7-11-21(18)20)15-5-8-19(22)9-6-15;1-2/h14-21H,2-13,22H2,1H3;1-2H3. The molecule has 0 radical (unpaired) electrons. The zero-order valence-electron chi connectivity index (χ0n) is 16.7. The van der Waals surface area contributed by atoms with Crippen LogP contribution < -0.4 is 5.73 Å². The molecule has 0 aromatic carbocycles. The van der Waals surface area contributed by atoms with Crippen LogP contribution in [0.2, 0.25) is 0 Å². The van der Waals surface area contributed by atoms with Crippen LogP contribution in [-0.4, -0.2) is 6.04 Å². The molecule has 6 unspecified atom stereocenters. The summed E-state index contributed by atoms with van der Waals surface area (Å²) in [7, 11) is 0. The van der Waals surface area contributed by atoms with Gasteiger partial charge in [-0.25, -0.2) is 0 Å². The first-order chi connectivity index (χ1) is 11.7. The van der Waals surface area contributed by atoms with Crippen molar-refractivity contribution in [2.45, 2.75) is 104 Å². The van der Waals surface area contributed by atoms with Crippen molar-refractivity contribution in [2.75, 3.05) is 0 Å². The van der Waals surface area contributed by atoms with Crippen molar-refractivity contribution < 1.29 is 0 Å². The number of fused-ring (bicyclic) bond motifs is 3. The zero-order chi connectivity index (χ0) is 17.1. The Bertz CT molecular complexity index is 370. The Morgan fingerprint density at radius 3 is 1.71 bits per heavy atom. The lowest BCUT2D eigenvalue weighted by Gasteiger charge is -2.51. The molecular formula is C23H43N. The number of hydrogen-bond acceptors (Lipinski definition) is 1. The molecule has 6 atom stereocenters. The van der Waals surface area contributed by atoms with E-state index in [2.05, 4.69) is 6.92 Å². The molecule has 1 heteroatoms. The van der Waals surface area contributed by atoms with Gasteiger partial charge >= 0.3 is 0 Å². The van der Waals surface area contributed by atoms with Gasteiger partial charge in [-0.05, 0) is 112 Å². The van der Waals surface area contributed by atoms with Crippen LogP contribution in [0, 0.1) is 41.4 Å². The van der Waals surface area contributed by atoms with Crippen molar-refractivity contribution in [1.82, 2.24) is 0 Å². The Balaban J connectivity index is 0.000000815. The lowest BCUT2D eigenvalue weighted by Crippen LogP contribution is -2.42. The van der Waals surface area contributed by atoms with Gasteiger partial charge in [0.25, 0.3) is 0 Å². The molecule has 4 fully saturated rings. The van der Waals surface area contributed by atoms with E-state index in [0.29, 0.717) is 6.04 Å². The first kappa shape index (κ1) is 18.7. The summed E-state index contributed by atoms with van der Waals surface area (Å²) in [6.07, 6.45) is 18.0. The minimum absolute atomic E-state index is 0.521. The lowest BCUT2D eigenvalue weighted by molar-refractivity contribution is -0.0121. The molecule has 0 heterocycles. The first-order valence-corrected chi connectivity index (χ1v) is 11.5. The Hall–Kier alpha value is -0.0400. The van der Waals surface area contributed by atoms with Gasteiger partial charge in [0.2, 0.25) is 0 Å². The number of nitrogens with two attached hydrogens (primary N) is 1. The maximum Gasteiger partial charge on any atom is 0.00390 e. The summed E-state index contributed by atoms with van der Waals surface area (Å²) in [5.41, 5.74) is 6.12. The summed E-state index contributed by atoms with van der Waals surface area (Å²) >= 11 is 0. The molecule has 24 heavy (non-hydrogen) atoms. The summed E-state index contributed by atoms with van der Waals surface area (Å²) < 4.78 is 0. The van der Waals surface area contributed by atoms with Crippen LogP contribution in [0.15, 0.2) is 0 Å². The van der Waals surface area contributed by atoms with Crippen LogP contribution in [0.25, 0.3) is 0 Å². The highest BCUT2D eigenvalue weighted by atomic mass is 14.6. The topological polar surface area (TPSA) is 26.0 Å². The summed E-state index contributed by atoms with van der Waals surface area (Å²) in [6, 6.07) is 0.521. The van der Waals surface area contributed by atoms with Crippen molar-refractivity contribution in [3.05, 3.63) is 0 Å². The van der Waals surface area contributed by atoms with E-state index < -0.39 is 0 Å². The molecular weight excluding hydrogens is 290 g/mol. The Labute approximate surface area is 151 Å². The molecule has 0 saturated heterocycles. The fourth-order valence-electron chi connectivity index (χ4n) is 7.11. The van der Waals surface area contributed by atoms with E-state index >= 15 is 0 Å². The largest absolute Gasteiger partial charge is 0.328 e. The van der Waals surface area contributed by atoms with Crippen molar-refractivity contribution in [1.29, 1.82) is 0 Å². The number of hydrogen-bond donors (Lipinski definition) is 1. The molecule has 2 N–H and O–H groups in total. The molecule has 0 amide bonds. The van der Waals surface area contributed by atoms with Gasteiger partial charge in [0.15, 0.2) is 0 Å². The Morgan fingerprint density at radius 1 is 0.542 bits per heavy atom. The number of rotatable bonds is 1. The summed E-state index contributed by atoms with van der Waals surface area (Å²) in [5.74, 6) is 7.56. The molecule has 0 aromatic heterocycles. The Kier molecular flexibility index (Phi) is 6.69. The predicted molar refractivity (Wildman–Crippen MR) is 105 cm³/mol. The van der Waals surface area contributed by atoms with Crippen LogP contribution in [-0.2, 0) is 0 Å². The second-order valence-corrected chi connectivity index (χ2v) is 9.59. The van der Waals surface area contributed by atoms with E-state index in [1.807, 2.05) is 13.8 Å². The molecule has 4 rings (SSSR count). The second-order valence-electron chi connectivity index (χ2n) is 9.59. The van der Waals surface area contributed by atoms with Crippen LogP contribution in [0.4, 0.5) is 0 Å². The SMILES string of the molecule is CC.CC1CCC2C(CCC3CC(C4CCC(N)CC4)CCC32)C1. The van der Waals surface area contributed by atoms with Gasteiger partial charge in [0.1, 0.15) is 0 Å². The maximum atomic E-state index is 6.12. The third-order valence-corrected chi connectivity index (χ3v) is 8.33. The van der Waals surface area contributed by atoms with Gasteiger partial charge in [0.05, 0.1) is 0 Å². The quantitative estimate of drug-likeness (QED) is 0.589. The normalized spacial score (nSPS) is 48.5. The van der Waals surface area contributed by atoms with Crippen molar-refractivity contribution >= 4 is 0 Å². The molecule has 140 valence electrons. The van der Waals surface area contributed by atoms with E-state index in [9.17, 15) is 0 Å². The molecule has 0 bridgehead atoms. The minimum atomic E-state index is 0.521. The minimum Gasteiger partial charge on any atom is -0.328 e. The van der Waals surface area contributed by atoms with Crippen LogP contribution >= 0.6 is 0 Å². The second kappa shape index (κ2) is 8.56. The fraction of sp³-hybridized carbons (Fsp3) is 1.00. The van der Waals surface area contributed by atoms with Crippen molar-refractivity contribution in [2.24, 2.45) is 47.2 Å². The predicted octanol–water partition coefficient (Wildman–Crippen LogP) is 6.41. The smallest absolute Gasteiger partial charge is 0.00390 e. The van der Waals surface area contributed by atoms with Gasteiger partial charge in [-0.2, -0.15) is 0 Å². The highest BCUT2D eigenvalue weighted by Gasteiger charge is 2.45. The molecule has 0 aromatic rings. The summed E-state index contributed by atoms with van der Waals surface area (Å²) in [5, 5.41) is 0. The molecule has 4 aliphatic rings. The fourth-order valence-corrected chi connectivity index (χ4v) is 7.11. The summed E-state index contributed by atoms with van der Waals surface area (Å²) in [6.45, 7) is 6.49. The average molecular weight is 334 g/mol. The highest BCUT2D eigenvalue weighted by molar-refractivity contribution is 4.95. The third kappa shape index (κ3) is 4.02. The average Bonchev–Trinajstić information content (AvgIpc) is 2.63. The maximum absolute atomic E-state index is 6.12. The van der Waals surface area contributed by atoms with Crippen molar-refractivity contribution in [3.63, 3.8) is 0 Å².